The maximum absolute atomic E-state index is 11.5. The van der Waals surface area contributed by atoms with E-state index in [0.29, 0.717) is 25.9 Å². The standard InChI is InChI=1S/C11H19N3O/c12-6-1-2-7-14-10(15)8-11(9-13)4-3-5-11/h1-5,7-9,13H2,(H,14,15). The van der Waals surface area contributed by atoms with Crippen molar-refractivity contribution in [3.63, 3.8) is 0 Å². The molecule has 84 valence electrons. The number of nitrogens with two attached hydrogens (primary N) is 1. The Balaban J connectivity index is 2.15. The van der Waals surface area contributed by atoms with Crippen LogP contribution >= 0.6 is 0 Å². The Morgan fingerprint density at radius 1 is 1.53 bits per heavy atom. The Hall–Kier alpha value is -1.08. The van der Waals surface area contributed by atoms with Gasteiger partial charge in [0, 0.05) is 19.4 Å². The monoisotopic (exact) mass is 209 g/mol. The number of unbranched alkanes of at least 4 members (excludes halogenated alkanes) is 1. The van der Waals surface area contributed by atoms with Crippen molar-refractivity contribution in [2.45, 2.75) is 38.5 Å². The largest absolute Gasteiger partial charge is 0.356 e. The normalized spacial score (nSPS) is 17.6. The molecule has 3 N–H and O–H groups in total. The van der Waals surface area contributed by atoms with Gasteiger partial charge >= 0.3 is 0 Å². The zero-order chi connectivity index (χ0) is 11.1. The number of nitrogens with one attached hydrogen (secondary N) is 1. The van der Waals surface area contributed by atoms with E-state index in [-0.39, 0.29) is 11.3 Å². The molecule has 4 heteroatoms. The van der Waals surface area contributed by atoms with Gasteiger partial charge in [-0.05, 0) is 31.2 Å². The number of nitrogens with zero attached hydrogens (tertiary/aromatic N) is 1. The molecule has 0 spiro atoms. The van der Waals surface area contributed by atoms with Gasteiger partial charge in [-0.2, -0.15) is 5.26 Å². The van der Waals surface area contributed by atoms with Gasteiger partial charge in [0.1, 0.15) is 0 Å². The lowest BCUT2D eigenvalue weighted by Gasteiger charge is -2.40. The SMILES string of the molecule is N#CCCCNC(=O)CC1(CN)CCC1. The third-order valence-corrected chi connectivity index (χ3v) is 3.17. The van der Waals surface area contributed by atoms with Gasteiger partial charge in [-0.3, -0.25) is 4.79 Å². The van der Waals surface area contributed by atoms with Crippen molar-refractivity contribution in [2.75, 3.05) is 13.1 Å². The molecule has 0 aromatic heterocycles. The van der Waals surface area contributed by atoms with Crippen molar-refractivity contribution in [3.8, 4) is 6.07 Å². The summed E-state index contributed by atoms with van der Waals surface area (Å²) < 4.78 is 0. The Morgan fingerprint density at radius 2 is 2.27 bits per heavy atom. The van der Waals surface area contributed by atoms with Gasteiger partial charge in [-0.15, -0.1) is 0 Å². The van der Waals surface area contributed by atoms with E-state index >= 15 is 0 Å². The highest BCUT2D eigenvalue weighted by molar-refractivity contribution is 5.76. The van der Waals surface area contributed by atoms with Gasteiger partial charge in [-0.25, -0.2) is 0 Å². The first-order chi connectivity index (χ1) is 7.22. The number of hydrogen-bond donors (Lipinski definition) is 2. The van der Waals surface area contributed by atoms with Crippen LogP contribution < -0.4 is 11.1 Å². The third kappa shape index (κ3) is 3.52. The summed E-state index contributed by atoms with van der Waals surface area (Å²) in [5.41, 5.74) is 5.75. The fourth-order valence-corrected chi connectivity index (χ4v) is 1.93. The zero-order valence-corrected chi connectivity index (χ0v) is 9.09. The van der Waals surface area contributed by atoms with Crippen LogP contribution in [0.4, 0.5) is 0 Å². The summed E-state index contributed by atoms with van der Waals surface area (Å²) in [6.07, 6.45) is 5.14. The molecular weight excluding hydrogens is 190 g/mol. The zero-order valence-electron chi connectivity index (χ0n) is 9.09. The van der Waals surface area contributed by atoms with Crippen LogP contribution in [0.5, 0.6) is 0 Å². The molecule has 4 nitrogen and oxygen atoms in total. The number of carbonyl (C=O) groups excluding carboxylic acids is 1. The molecule has 1 aliphatic rings. The molecule has 1 aliphatic carbocycles. The average molecular weight is 209 g/mol. The van der Waals surface area contributed by atoms with Gasteiger partial charge in [0.15, 0.2) is 0 Å². The molecule has 0 heterocycles. The quantitative estimate of drug-likeness (QED) is 0.638. The third-order valence-electron chi connectivity index (χ3n) is 3.17. The van der Waals surface area contributed by atoms with Crippen LogP contribution in [0.2, 0.25) is 0 Å². The second-order valence-electron chi connectivity index (χ2n) is 4.35. The summed E-state index contributed by atoms with van der Waals surface area (Å²) in [6.45, 7) is 1.21. The first-order valence-electron chi connectivity index (χ1n) is 5.56. The number of hydrogen-bond acceptors (Lipinski definition) is 3. The summed E-state index contributed by atoms with van der Waals surface area (Å²) in [4.78, 5) is 11.5. The maximum atomic E-state index is 11.5. The molecule has 0 aromatic rings. The topological polar surface area (TPSA) is 78.9 Å². The first kappa shape index (κ1) is 12.0. The number of carbonyl (C=O) groups is 1. The van der Waals surface area contributed by atoms with E-state index in [1.165, 1.54) is 6.42 Å². The number of nitriles is 1. The first-order valence-corrected chi connectivity index (χ1v) is 5.56. The Bertz CT molecular complexity index is 248. The van der Waals surface area contributed by atoms with E-state index in [2.05, 4.69) is 11.4 Å². The molecule has 0 atom stereocenters. The van der Waals surface area contributed by atoms with E-state index in [1.807, 2.05) is 0 Å². The second kappa shape index (κ2) is 5.72. The number of rotatable bonds is 6. The van der Waals surface area contributed by atoms with E-state index in [0.717, 1.165) is 19.3 Å². The minimum Gasteiger partial charge on any atom is -0.356 e. The highest BCUT2D eigenvalue weighted by Crippen LogP contribution is 2.42. The van der Waals surface area contributed by atoms with Crippen LogP contribution in [-0.4, -0.2) is 19.0 Å². The Morgan fingerprint density at radius 3 is 2.73 bits per heavy atom. The molecule has 1 amide bonds. The molecule has 1 saturated carbocycles. The van der Waals surface area contributed by atoms with Crippen LogP contribution in [0.3, 0.4) is 0 Å². The molecule has 1 rings (SSSR count). The second-order valence-corrected chi connectivity index (χ2v) is 4.35. The van der Waals surface area contributed by atoms with E-state index in [1.54, 1.807) is 0 Å². The molecule has 15 heavy (non-hydrogen) atoms. The van der Waals surface area contributed by atoms with Crippen molar-refractivity contribution in [1.29, 1.82) is 5.26 Å². The Kier molecular flexibility index (Phi) is 4.57. The average Bonchev–Trinajstić information content (AvgIpc) is 2.18. The summed E-state index contributed by atoms with van der Waals surface area (Å²) in [5, 5.41) is 11.2. The minimum atomic E-state index is 0.0816. The predicted octanol–water partition coefficient (Wildman–Crippen LogP) is 0.925. The van der Waals surface area contributed by atoms with Crippen molar-refractivity contribution >= 4 is 5.91 Å². The predicted molar refractivity (Wildman–Crippen MR) is 57.8 cm³/mol. The molecule has 0 aromatic carbocycles. The lowest BCUT2D eigenvalue weighted by Crippen LogP contribution is -2.42. The van der Waals surface area contributed by atoms with Crippen LogP contribution in [0.1, 0.15) is 38.5 Å². The highest BCUT2D eigenvalue weighted by Gasteiger charge is 2.37. The van der Waals surface area contributed by atoms with Crippen LogP contribution in [-0.2, 0) is 4.79 Å². The van der Waals surface area contributed by atoms with Gasteiger partial charge in [0.05, 0.1) is 6.07 Å². The maximum Gasteiger partial charge on any atom is 0.220 e. The van der Waals surface area contributed by atoms with Crippen molar-refractivity contribution < 1.29 is 4.79 Å². The smallest absolute Gasteiger partial charge is 0.220 e. The molecule has 1 fully saturated rings. The fraction of sp³-hybridized carbons (Fsp3) is 0.818. The van der Waals surface area contributed by atoms with Gasteiger partial charge in [0.2, 0.25) is 5.91 Å². The lowest BCUT2D eigenvalue weighted by molar-refractivity contribution is -0.124. The highest BCUT2D eigenvalue weighted by atomic mass is 16.1. The minimum absolute atomic E-state index is 0.0816. The molecule has 0 unspecified atom stereocenters. The summed E-state index contributed by atoms with van der Waals surface area (Å²) in [6, 6.07) is 2.05. The summed E-state index contributed by atoms with van der Waals surface area (Å²) >= 11 is 0. The van der Waals surface area contributed by atoms with Gasteiger partial charge in [-0.1, -0.05) is 6.42 Å². The van der Waals surface area contributed by atoms with Crippen molar-refractivity contribution in [1.82, 2.24) is 5.32 Å². The van der Waals surface area contributed by atoms with Gasteiger partial charge in [0.25, 0.3) is 0 Å². The van der Waals surface area contributed by atoms with Crippen LogP contribution in [0.25, 0.3) is 0 Å². The van der Waals surface area contributed by atoms with E-state index in [4.69, 9.17) is 11.0 Å². The van der Waals surface area contributed by atoms with Gasteiger partial charge < -0.3 is 11.1 Å². The molecule has 0 bridgehead atoms. The molecular formula is C11H19N3O. The van der Waals surface area contributed by atoms with Crippen LogP contribution in [0, 0.1) is 16.7 Å². The van der Waals surface area contributed by atoms with Crippen molar-refractivity contribution in [3.05, 3.63) is 0 Å². The molecule has 0 aliphatic heterocycles. The van der Waals surface area contributed by atoms with E-state index in [9.17, 15) is 4.79 Å². The molecule has 0 radical (unpaired) electrons. The number of amides is 1. The fourth-order valence-electron chi connectivity index (χ4n) is 1.93. The Labute approximate surface area is 90.8 Å². The lowest BCUT2D eigenvalue weighted by atomic mass is 9.66. The summed E-state index contributed by atoms with van der Waals surface area (Å²) in [5.74, 6) is 0.0816. The molecule has 0 saturated heterocycles. The van der Waals surface area contributed by atoms with Crippen molar-refractivity contribution in [2.24, 2.45) is 11.1 Å². The van der Waals surface area contributed by atoms with Crippen LogP contribution in [0.15, 0.2) is 0 Å². The van der Waals surface area contributed by atoms with E-state index < -0.39 is 0 Å². The summed E-state index contributed by atoms with van der Waals surface area (Å²) in [7, 11) is 0.